The summed E-state index contributed by atoms with van der Waals surface area (Å²) in [5, 5.41) is 0.103. The van der Waals surface area contributed by atoms with E-state index in [2.05, 4.69) is 13.2 Å². The van der Waals surface area contributed by atoms with E-state index in [0.29, 0.717) is 18.3 Å². The van der Waals surface area contributed by atoms with Gasteiger partial charge in [-0.25, -0.2) is 8.78 Å². The molecule has 21 heavy (non-hydrogen) atoms. The highest BCUT2D eigenvalue weighted by Crippen LogP contribution is 2.07. The summed E-state index contributed by atoms with van der Waals surface area (Å²) in [6.07, 6.45) is 0. The normalized spacial score (nSPS) is 7.62. The molecule has 0 aliphatic carbocycles. The lowest BCUT2D eigenvalue weighted by molar-refractivity contribution is 0.527. The zero-order chi connectivity index (χ0) is 18.2. The van der Waals surface area contributed by atoms with E-state index in [1.165, 1.54) is 20.8 Å². The minimum absolute atomic E-state index is 0.0515. The van der Waals surface area contributed by atoms with Crippen LogP contribution in [0.1, 0.15) is 45.7 Å². The molecule has 0 heterocycles. The Morgan fingerprint density at radius 3 is 1.05 bits per heavy atom. The monoisotopic (exact) mass is 310 g/mol. The van der Waals surface area contributed by atoms with E-state index in [1.54, 1.807) is 0 Å². The number of hydrogen-bond acceptors (Lipinski definition) is 0. The van der Waals surface area contributed by atoms with Gasteiger partial charge in [0.25, 0.3) is 0 Å². The van der Waals surface area contributed by atoms with Crippen LogP contribution in [0.3, 0.4) is 0 Å². The first-order valence-electron chi connectivity index (χ1n) is 6.94. The number of hydrogen-bond donors (Lipinski definition) is 0. The van der Waals surface area contributed by atoms with Crippen LogP contribution in [-0.4, -0.2) is 13.9 Å². The van der Waals surface area contributed by atoms with Gasteiger partial charge in [0.1, 0.15) is 11.6 Å². The first-order chi connectivity index (χ1) is 9.88. The standard InChI is InChI=1S/C10H10F2.C2H5F.2C2H6.CH3F/c1-5-6(2)10(12)8(4)7(3)9(5)11;1-2-3;3*1-2/h1-2H2,3-4H3;2H2,1H3;2*1-2H3;1H3. The van der Waals surface area contributed by atoms with E-state index >= 15 is 0 Å². The summed E-state index contributed by atoms with van der Waals surface area (Å²) in [6, 6.07) is 0. The van der Waals surface area contributed by atoms with Crippen LogP contribution in [0.2, 0.25) is 0 Å². The Bertz CT molecular complexity index is 398. The van der Waals surface area contributed by atoms with Crippen molar-refractivity contribution in [3.05, 3.63) is 33.2 Å². The molecule has 0 atom stereocenters. The van der Waals surface area contributed by atoms with Gasteiger partial charge in [0.05, 0.1) is 13.9 Å². The van der Waals surface area contributed by atoms with Gasteiger partial charge in [0.15, 0.2) is 0 Å². The van der Waals surface area contributed by atoms with Crippen LogP contribution in [-0.2, 0) is 0 Å². The molecule has 0 aliphatic rings. The molecule has 4 heteroatoms. The summed E-state index contributed by atoms with van der Waals surface area (Å²) in [7, 11) is 0.500. The van der Waals surface area contributed by atoms with Crippen LogP contribution in [0.15, 0.2) is 0 Å². The Labute approximate surface area is 127 Å². The summed E-state index contributed by atoms with van der Waals surface area (Å²) in [5.41, 5.74) is 0.620. The molecule has 0 radical (unpaired) electrons. The van der Waals surface area contributed by atoms with Gasteiger partial charge in [-0.1, -0.05) is 40.9 Å². The summed E-state index contributed by atoms with van der Waals surface area (Å²) >= 11 is 0. The number of alkyl halides is 2. The Kier molecular flexibility index (Phi) is 24.8. The van der Waals surface area contributed by atoms with E-state index in [0.717, 1.165) is 0 Å². The molecule has 126 valence electrons. The lowest BCUT2D eigenvalue weighted by atomic mass is 10.1. The third-order valence-electron chi connectivity index (χ3n) is 2.12. The summed E-state index contributed by atoms with van der Waals surface area (Å²) in [6.45, 7) is 19.1. The van der Waals surface area contributed by atoms with Gasteiger partial charge in [-0.2, -0.15) is 0 Å². The minimum atomic E-state index is -0.459. The van der Waals surface area contributed by atoms with Crippen LogP contribution < -0.4 is 10.4 Å². The van der Waals surface area contributed by atoms with E-state index in [9.17, 15) is 17.6 Å². The van der Waals surface area contributed by atoms with Crippen molar-refractivity contribution < 1.29 is 17.6 Å². The average molecular weight is 310 g/mol. The van der Waals surface area contributed by atoms with Crippen molar-refractivity contribution in [1.82, 2.24) is 0 Å². The number of benzene rings is 1. The second kappa shape index (κ2) is 18.7. The Morgan fingerprint density at radius 1 is 0.762 bits per heavy atom. The molecule has 1 rings (SSSR count). The Morgan fingerprint density at radius 2 is 0.905 bits per heavy atom. The molecule has 0 spiro atoms. The van der Waals surface area contributed by atoms with Crippen LogP contribution in [0.4, 0.5) is 17.6 Å². The molecule has 1 aromatic carbocycles. The minimum Gasteiger partial charge on any atom is -0.255 e. The smallest absolute Gasteiger partial charge is 0.133 e. The first kappa shape index (κ1) is 27.9. The fourth-order valence-corrected chi connectivity index (χ4v) is 1.05. The molecule has 1 aromatic rings. The molecule has 0 unspecified atom stereocenters. The molecule has 0 fully saturated rings. The SMILES string of the molecule is C=c1c(F)c(C)c(C)c(F)c1=C.CC.CC.CCF.CF. The van der Waals surface area contributed by atoms with E-state index in [4.69, 9.17) is 0 Å². The predicted molar refractivity (Wildman–Crippen MR) is 87.5 cm³/mol. The predicted octanol–water partition coefficient (Wildman–Crippen LogP) is 5.02. The molecule has 0 nitrogen and oxygen atoms in total. The van der Waals surface area contributed by atoms with Crippen molar-refractivity contribution in [3.8, 4) is 0 Å². The van der Waals surface area contributed by atoms with Gasteiger partial charge in [-0.3, -0.25) is 8.78 Å². The van der Waals surface area contributed by atoms with E-state index in [-0.39, 0.29) is 17.1 Å². The quantitative estimate of drug-likeness (QED) is 0.591. The Balaban J connectivity index is -0.000000136. The molecule has 0 saturated carbocycles. The topological polar surface area (TPSA) is 0 Å². The summed E-state index contributed by atoms with van der Waals surface area (Å²) < 4.78 is 46.1. The molecular formula is C17H30F4. The number of rotatable bonds is 0. The maximum absolute atomic E-state index is 13.2. The van der Waals surface area contributed by atoms with Gasteiger partial charge < -0.3 is 0 Å². The van der Waals surface area contributed by atoms with Crippen LogP contribution >= 0.6 is 0 Å². The molecule has 0 saturated heterocycles. The van der Waals surface area contributed by atoms with Gasteiger partial charge >= 0.3 is 0 Å². The molecule has 0 N–H and O–H groups in total. The van der Waals surface area contributed by atoms with Gasteiger partial charge in [0, 0.05) is 10.4 Å². The molecule has 0 bridgehead atoms. The molecular weight excluding hydrogens is 280 g/mol. The lowest BCUT2D eigenvalue weighted by Crippen LogP contribution is -2.31. The van der Waals surface area contributed by atoms with Crippen molar-refractivity contribution in [1.29, 1.82) is 0 Å². The summed E-state index contributed by atoms with van der Waals surface area (Å²) in [5.74, 6) is -0.919. The highest BCUT2D eigenvalue weighted by Gasteiger charge is 2.08. The second-order valence-electron chi connectivity index (χ2n) is 3.10. The van der Waals surface area contributed by atoms with Crippen molar-refractivity contribution in [2.75, 3.05) is 13.9 Å². The third-order valence-corrected chi connectivity index (χ3v) is 2.12. The first-order valence-corrected chi connectivity index (χ1v) is 6.94. The van der Waals surface area contributed by atoms with Crippen LogP contribution in [0.25, 0.3) is 13.2 Å². The van der Waals surface area contributed by atoms with Gasteiger partial charge in [-0.05, 0) is 31.9 Å². The number of halogens is 4. The zero-order valence-corrected chi connectivity index (χ0v) is 14.6. The largest absolute Gasteiger partial charge is 0.255 e. The van der Waals surface area contributed by atoms with Gasteiger partial charge in [-0.15, -0.1) is 0 Å². The van der Waals surface area contributed by atoms with Crippen LogP contribution in [0.5, 0.6) is 0 Å². The molecule has 0 aliphatic heterocycles. The van der Waals surface area contributed by atoms with E-state index < -0.39 is 11.6 Å². The highest BCUT2D eigenvalue weighted by molar-refractivity contribution is 5.32. The maximum atomic E-state index is 13.2. The fraction of sp³-hybridized carbons (Fsp3) is 0.529. The average Bonchev–Trinajstić information content (AvgIpc) is 2.55. The van der Waals surface area contributed by atoms with Crippen molar-refractivity contribution >= 4 is 13.2 Å². The zero-order valence-electron chi connectivity index (χ0n) is 14.6. The van der Waals surface area contributed by atoms with Crippen molar-refractivity contribution in [3.63, 3.8) is 0 Å². The Hall–Kier alpha value is -1.32. The second-order valence-corrected chi connectivity index (χ2v) is 3.10. The van der Waals surface area contributed by atoms with Gasteiger partial charge in [0.2, 0.25) is 0 Å². The highest BCUT2D eigenvalue weighted by atomic mass is 19.1. The van der Waals surface area contributed by atoms with Crippen LogP contribution in [0, 0.1) is 25.5 Å². The third kappa shape index (κ3) is 10.1. The van der Waals surface area contributed by atoms with Crippen molar-refractivity contribution in [2.24, 2.45) is 0 Å². The van der Waals surface area contributed by atoms with E-state index in [1.807, 2.05) is 27.7 Å². The fourth-order valence-electron chi connectivity index (χ4n) is 1.05. The van der Waals surface area contributed by atoms with Crippen molar-refractivity contribution in [2.45, 2.75) is 48.5 Å². The molecule has 0 amide bonds. The lowest BCUT2D eigenvalue weighted by Gasteiger charge is -2.03. The summed E-state index contributed by atoms with van der Waals surface area (Å²) in [4.78, 5) is 0. The maximum Gasteiger partial charge on any atom is 0.133 e. The molecule has 0 aromatic heterocycles.